The van der Waals surface area contributed by atoms with Crippen molar-refractivity contribution < 1.29 is 17.7 Å². The van der Waals surface area contributed by atoms with Gasteiger partial charge < -0.3 is 0 Å². The second kappa shape index (κ2) is 6.72. The SMILES string of the molecule is C/C(=N/Nc1ccc(S(N)(=O)=O)cc1[N+](=O)[O-])c1ccc(F)cc1. The van der Waals surface area contributed by atoms with Gasteiger partial charge in [-0.25, -0.2) is 17.9 Å². The van der Waals surface area contributed by atoms with Crippen LogP contribution in [0.5, 0.6) is 0 Å². The third-order valence-corrected chi connectivity index (χ3v) is 4.01. The van der Waals surface area contributed by atoms with Gasteiger partial charge in [-0.05, 0) is 36.8 Å². The number of hydrazone groups is 1. The minimum Gasteiger partial charge on any atom is -0.271 e. The summed E-state index contributed by atoms with van der Waals surface area (Å²) in [5, 5.41) is 20.0. The van der Waals surface area contributed by atoms with Gasteiger partial charge in [0.15, 0.2) is 0 Å². The standard InChI is InChI=1S/C14H13FN4O4S/c1-9(10-2-4-11(15)5-3-10)17-18-13-7-6-12(24(16,22)23)8-14(13)19(20)21/h2-8,18H,1H3,(H2,16,22,23)/b17-9-. The molecule has 0 atom stereocenters. The van der Waals surface area contributed by atoms with Crippen molar-refractivity contribution in [1.29, 1.82) is 0 Å². The number of nitrogens with two attached hydrogens (primary N) is 1. The average Bonchev–Trinajstić information content (AvgIpc) is 2.52. The molecule has 126 valence electrons. The number of nitrogens with one attached hydrogen (secondary N) is 1. The van der Waals surface area contributed by atoms with Gasteiger partial charge in [-0.3, -0.25) is 15.5 Å². The molecule has 8 nitrogen and oxygen atoms in total. The number of nitrogens with zero attached hydrogens (tertiary/aromatic N) is 2. The number of hydrogen-bond donors (Lipinski definition) is 2. The lowest BCUT2D eigenvalue weighted by Crippen LogP contribution is -2.12. The highest BCUT2D eigenvalue weighted by molar-refractivity contribution is 7.89. The van der Waals surface area contributed by atoms with Crippen LogP contribution in [0, 0.1) is 15.9 Å². The van der Waals surface area contributed by atoms with E-state index in [4.69, 9.17) is 5.14 Å². The van der Waals surface area contributed by atoms with Gasteiger partial charge in [-0.15, -0.1) is 0 Å². The molecule has 0 radical (unpaired) electrons. The Balaban J connectivity index is 2.33. The second-order valence-electron chi connectivity index (χ2n) is 4.80. The van der Waals surface area contributed by atoms with Crippen LogP contribution in [-0.4, -0.2) is 19.1 Å². The Morgan fingerprint density at radius 1 is 1.25 bits per heavy atom. The Labute approximate surface area is 137 Å². The summed E-state index contributed by atoms with van der Waals surface area (Å²) in [5.74, 6) is -0.395. The van der Waals surface area contributed by atoms with Crippen molar-refractivity contribution in [3.63, 3.8) is 0 Å². The smallest absolute Gasteiger partial charge is 0.271 e. The first-order valence-corrected chi connectivity index (χ1v) is 8.10. The van der Waals surface area contributed by atoms with Gasteiger partial charge in [0.2, 0.25) is 10.0 Å². The monoisotopic (exact) mass is 352 g/mol. The van der Waals surface area contributed by atoms with Crippen LogP contribution < -0.4 is 10.6 Å². The number of rotatable bonds is 5. The highest BCUT2D eigenvalue weighted by Gasteiger charge is 2.19. The first-order valence-electron chi connectivity index (χ1n) is 6.56. The number of hydrogen-bond acceptors (Lipinski definition) is 6. The van der Waals surface area contributed by atoms with E-state index in [2.05, 4.69) is 10.5 Å². The largest absolute Gasteiger partial charge is 0.295 e. The van der Waals surface area contributed by atoms with E-state index >= 15 is 0 Å². The molecule has 0 aromatic heterocycles. The maximum Gasteiger partial charge on any atom is 0.295 e. The van der Waals surface area contributed by atoms with Crippen molar-refractivity contribution in [2.45, 2.75) is 11.8 Å². The molecule has 0 saturated carbocycles. The number of primary sulfonamides is 1. The maximum atomic E-state index is 12.9. The summed E-state index contributed by atoms with van der Waals surface area (Å²) in [7, 11) is -4.06. The first-order chi connectivity index (χ1) is 11.2. The Hall–Kier alpha value is -2.85. The molecule has 2 rings (SSSR count). The molecule has 2 aromatic carbocycles. The zero-order valence-corrected chi connectivity index (χ0v) is 13.2. The fourth-order valence-corrected chi connectivity index (χ4v) is 2.37. The summed E-state index contributed by atoms with van der Waals surface area (Å²) in [6, 6.07) is 8.71. The van der Waals surface area contributed by atoms with E-state index in [0.717, 1.165) is 12.1 Å². The molecule has 0 aliphatic rings. The van der Waals surface area contributed by atoms with Gasteiger partial charge in [0.25, 0.3) is 5.69 Å². The quantitative estimate of drug-likeness (QED) is 0.484. The van der Waals surface area contributed by atoms with Crippen LogP contribution >= 0.6 is 0 Å². The molecular formula is C14H13FN4O4S. The normalized spacial score (nSPS) is 12.0. The van der Waals surface area contributed by atoms with E-state index in [0.29, 0.717) is 11.3 Å². The van der Waals surface area contributed by atoms with Gasteiger partial charge in [-0.1, -0.05) is 12.1 Å². The molecule has 0 spiro atoms. The molecule has 0 heterocycles. The molecule has 0 aliphatic heterocycles. The van der Waals surface area contributed by atoms with Crippen molar-refractivity contribution in [3.05, 3.63) is 64.0 Å². The molecule has 3 N–H and O–H groups in total. The highest BCUT2D eigenvalue weighted by atomic mass is 32.2. The summed E-state index contributed by atoms with van der Waals surface area (Å²) in [6.07, 6.45) is 0. The molecule has 0 saturated heterocycles. The van der Waals surface area contributed by atoms with Crippen LogP contribution in [0.1, 0.15) is 12.5 Å². The van der Waals surface area contributed by atoms with Gasteiger partial charge in [-0.2, -0.15) is 5.10 Å². The van der Waals surface area contributed by atoms with E-state index in [1.807, 2.05) is 0 Å². The molecular weight excluding hydrogens is 339 g/mol. The minimum absolute atomic E-state index is 0.00568. The predicted octanol–water partition coefficient (Wildman–Crippen LogP) is 2.22. The summed E-state index contributed by atoms with van der Waals surface area (Å²) in [6.45, 7) is 1.63. The van der Waals surface area contributed by atoms with Crippen LogP contribution in [0.15, 0.2) is 52.5 Å². The summed E-state index contributed by atoms with van der Waals surface area (Å²) in [5.41, 5.74) is 3.09. The third kappa shape index (κ3) is 4.12. The zero-order chi connectivity index (χ0) is 17.9. The number of nitro benzene ring substituents is 1. The van der Waals surface area contributed by atoms with Crippen LogP contribution in [0.25, 0.3) is 0 Å². The third-order valence-electron chi connectivity index (χ3n) is 3.10. The van der Waals surface area contributed by atoms with Crippen molar-refractivity contribution >= 4 is 27.1 Å². The van der Waals surface area contributed by atoms with Gasteiger partial charge in [0.05, 0.1) is 15.5 Å². The van der Waals surface area contributed by atoms with Crippen LogP contribution in [0.3, 0.4) is 0 Å². The van der Waals surface area contributed by atoms with E-state index in [1.165, 1.54) is 30.3 Å². The van der Waals surface area contributed by atoms with Crippen molar-refractivity contribution in [1.82, 2.24) is 0 Å². The van der Waals surface area contributed by atoms with E-state index in [9.17, 15) is 22.9 Å². The lowest BCUT2D eigenvalue weighted by molar-refractivity contribution is -0.384. The molecule has 10 heteroatoms. The van der Waals surface area contributed by atoms with Gasteiger partial charge in [0, 0.05) is 6.07 Å². The molecule has 24 heavy (non-hydrogen) atoms. The lowest BCUT2D eigenvalue weighted by atomic mass is 10.1. The molecule has 0 unspecified atom stereocenters. The zero-order valence-electron chi connectivity index (χ0n) is 12.4. The maximum absolute atomic E-state index is 12.9. The minimum atomic E-state index is -4.06. The predicted molar refractivity (Wildman–Crippen MR) is 86.7 cm³/mol. The van der Waals surface area contributed by atoms with Crippen molar-refractivity contribution in [3.8, 4) is 0 Å². The van der Waals surface area contributed by atoms with Gasteiger partial charge in [0.1, 0.15) is 11.5 Å². The molecule has 0 aliphatic carbocycles. The topological polar surface area (TPSA) is 128 Å². The number of anilines is 1. The first kappa shape index (κ1) is 17.5. The number of halogens is 1. The molecule has 0 bridgehead atoms. The Bertz CT molecular complexity index is 911. The van der Waals surface area contributed by atoms with Gasteiger partial charge >= 0.3 is 0 Å². The lowest BCUT2D eigenvalue weighted by Gasteiger charge is -2.06. The molecule has 0 amide bonds. The number of benzene rings is 2. The average molecular weight is 352 g/mol. The Morgan fingerprint density at radius 2 is 1.88 bits per heavy atom. The van der Waals surface area contributed by atoms with Crippen molar-refractivity contribution in [2.24, 2.45) is 10.2 Å². The van der Waals surface area contributed by atoms with E-state index in [-0.39, 0.29) is 10.6 Å². The van der Waals surface area contributed by atoms with Crippen molar-refractivity contribution in [2.75, 3.05) is 5.43 Å². The summed E-state index contributed by atoms with van der Waals surface area (Å²) in [4.78, 5) is 9.97. The second-order valence-corrected chi connectivity index (χ2v) is 6.36. The number of sulfonamides is 1. The van der Waals surface area contributed by atoms with Crippen LogP contribution in [0.2, 0.25) is 0 Å². The Morgan fingerprint density at radius 3 is 2.42 bits per heavy atom. The Kier molecular flexibility index (Phi) is 4.90. The summed E-state index contributed by atoms with van der Waals surface area (Å²) < 4.78 is 35.4. The molecule has 0 fully saturated rings. The summed E-state index contributed by atoms with van der Waals surface area (Å²) >= 11 is 0. The fourth-order valence-electron chi connectivity index (χ4n) is 1.83. The highest BCUT2D eigenvalue weighted by Crippen LogP contribution is 2.27. The fraction of sp³-hybridized carbons (Fsp3) is 0.0714. The van der Waals surface area contributed by atoms with E-state index < -0.39 is 26.5 Å². The van der Waals surface area contributed by atoms with E-state index in [1.54, 1.807) is 6.92 Å². The van der Waals surface area contributed by atoms with Crippen LogP contribution in [0.4, 0.5) is 15.8 Å². The molecule has 2 aromatic rings. The van der Waals surface area contributed by atoms with Crippen LogP contribution in [-0.2, 0) is 10.0 Å². The number of nitro groups is 1.